The summed E-state index contributed by atoms with van der Waals surface area (Å²) in [5, 5.41) is 12.0. The Labute approximate surface area is 132 Å². The Morgan fingerprint density at radius 3 is 2.52 bits per heavy atom. The molecule has 2 unspecified atom stereocenters. The van der Waals surface area contributed by atoms with Gasteiger partial charge in [-0.05, 0) is 42.8 Å². The van der Waals surface area contributed by atoms with Crippen molar-refractivity contribution in [3.63, 3.8) is 0 Å². The van der Waals surface area contributed by atoms with Crippen LogP contribution < -0.4 is 5.32 Å². The SMILES string of the molecule is CC(C)(C)C(CCNC(=O)C1CCCCS1)CCC(=O)O. The summed E-state index contributed by atoms with van der Waals surface area (Å²) in [6, 6.07) is 0. The lowest BCUT2D eigenvalue weighted by Gasteiger charge is -2.31. The predicted octanol–water partition coefficient (Wildman–Crippen LogP) is 3.31. The van der Waals surface area contributed by atoms with Crippen LogP contribution in [0.15, 0.2) is 0 Å². The van der Waals surface area contributed by atoms with Gasteiger partial charge in [0.1, 0.15) is 0 Å². The van der Waals surface area contributed by atoms with Crippen LogP contribution in [0.4, 0.5) is 0 Å². The number of carbonyl (C=O) groups is 2. The van der Waals surface area contributed by atoms with E-state index in [1.165, 1.54) is 6.42 Å². The molecule has 1 saturated heterocycles. The third-order valence-electron chi connectivity index (χ3n) is 4.20. The molecule has 0 aliphatic carbocycles. The zero-order valence-electron chi connectivity index (χ0n) is 13.5. The minimum absolute atomic E-state index is 0.0692. The van der Waals surface area contributed by atoms with E-state index in [1.807, 2.05) is 0 Å². The fourth-order valence-electron chi connectivity index (χ4n) is 2.74. The highest BCUT2D eigenvalue weighted by Crippen LogP contribution is 2.32. The van der Waals surface area contributed by atoms with Gasteiger partial charge in [-0.25, -0.2) is 0 Å². The predicted molar refractivity (Wildman–Crippen MR) is 87.5 cm³/mol. The number of hydrogen-bond donors (Lipinski definition) is 2. The third kappa shape index (κ3) is 7.21. The van der Waals surface area contributed by atoms with Crippen LogP contribution in [-0.4, -0.2) is 34.5 Å². The summed E-state index contributed by atoms with van der Waals surface area (Å²) in [7, 11) is 0. The lowest BCUT2D eigenvalue weighted by Crippen LogP contribution is -2.36. The number of hydrogen-bond acceptors (Lipinski definition) is 3. The first kappa shape index (κ1) is 18.3. The maximum absolute atomic E-state index is 12.1. The Morgan fingerprint density at radius 2 is 2.00 bits per heavy atom. The van der Waals surface area contributed by atoms with Crippen molar-refractivity contribution in [2.24, 2.45) is 11.3 Å². The summed E-state index contributed by atoms with van der Waals surface area (Å²) < 4.78 is 0. The van der Waals surface area contributed by atoms with Crippen molar-refractivity contribution >= 4 is 23.6 Å². The molecular formula is C16H29NO3S. The summed E-state index contributed by atoms with van der Waals surface area (Å²) in [6.45, 7) is 7.06. The number of carboxylic acid groups (broad SMARTS) is 1. The molecule has 2 atom stereocenters. The highest BCUT2D eigenvalue weighted by molar-refractivity contribution is 8.00. The third-order valence-corrected chi connectivity index (χ3v) is 5.57. The first-order chi connectivity index (χ1) is 9.80. The molecule has 21 heavy (non-hydrogen) atoms. The molecule has 0 aromatic carbocycles. The second-order valence-electron chi connectivity index (χ2n) is 6.93. The van der Waals surface area contributed by atoms with E-state index in [4.69, 9.17) is 5.11 Å². The van der Waals surface area contributed by atoms with Crippen molar-refractivity contribution in [2.75, 3.05) is 12.3 Å². The molecule has 1 fully saturated rings. The molecule has 0 aromatic rings. The van der Waals surface area contributed by atoms with Crippen LogP contribution in [0, 0.1) is 11.3 Å². The Balaban J connectivity index is 2.34. The number of thioether (sulfide) groups is 1. The number of carboxylic acids is 1. The maximum atomic E-state index is 12.1. The van der Waals surface area contributed by atoms with Crippen molar-refractivity contribution in [2.45, 2.75) is 64.5 Å². The van der Waals surface area contributed by atoms with Gasteiger partial charge in [0.25, 0.3) is 0 Å². The van der Waals surface area contributed by atoms with Crippen molar-refractivity contribution in [3.8, 4) is 0 Å². The molecule has 122 valence electrons. The molecule has 0 bridgehead atoms. The zero-order chi connectivity index (χ0) is 15.9. The number of carbonyl (C=O) groups excluding carboxylic acids is 1. The Hall–Kier alpha value is -0.710. The van der Waals surface area contributed by atoms with Gasteiger partial charge in [-0.2, -0.15) is 0 Å². The summed E-state index contributed by atoms with van der Waals surface area (Å²) in [5.74, 6) is 0.812. The number of nitrogens with one attached hydrogen (secondary N) is 1. The summed E-state index contributed by atoms with van der Waals surface area (Å²) in [6.07, 6.45) is 5.07. The highest BCUT2D eigenvalue weighted by Gasteiger charge is 2.26. The number of amides is 1. The molecule has 2 N–H and O–H groups in total. The van der Waals surface area contributed by atoms with Crippen LogP contribution in [0.5, 0.6) is 0 Å². The normalized spacial score (nSPS) is 20.8. The monoisotopic (exact) mass is 315 g/mol. The summed E-state index contributed by atoms with van der Waals surface area (Å²) in [5.41, 5.74) is 0.0692. The van der Waals surface area contributed by atoms with Crippen molar-refractivity contribution in [1.82, 2.24) is 5.32 Å². The Bertz CT molecular complexity index is 346. The Kier molecular flexibility index (Phi) is 7.57. The van der Waals surface area contributed by atoms with E-state index in [2.05, 4.69) is 26.1 Å². The average molecular weight is 315 g/mol. The van der Waals surface area contributed by atoms with Crippen molar-refractivity contribution in [3.05, 3.63) is 0 Å². The van der Waals surface area contributed by atoms with Crippen molar-refractivity contribution in [1.29, 1.82) is 0 Å². The van der Waals surface area contributed by atoms with E-state index in [1.54, 1.807) is 11.8 Å². The maximum Gasteiger partial charge on any atom is 0.303 e. The molecule has 0 radical (unpaired) electrons. The fourth-order valence-corrected chi connectivity index (χ4v) is 3.96. The molecule has 1 aliphatic rings. The molecule has 1 aliphatic heterocycles. The van der Waals surface area contributed by atoms with Gasteiger partial charge >= 0.3 is 5.97 Å². The number of aliphatic carboxylic acids is 1. The largest absolute Gasteiger partial charge is 0.481 e. The fraction of sp³-hybridized carbons (Fsp3) is 0.875. The summed E-state index contributed by atoms with van der Waals surface area (Å²) in [4.78, 5) is 22.8. The van der Waals surface area contributed by atoms with Crippen LogP contribution in [0.25, 0.3) is 0 Å². The lowest BCUT2D eigenvalue weighted by atomic mass is 9.76. The van der Waals surface area contributed by atoms with E-state index in [0.29, 0.717) is 18.9 Å². The first-order valence-corrected chi connectivity index (χ1v) is 8.96. The van der Waals surface area contributed by atoms with Crippen LogP contribution in [0.3, 0.4) is 0 Å². The van der Waals surface area contributed by atoms with Gasteiger partial charge in [-0.15, -0.1) is 11.8 Å². The lowest BCUT2D eigenvalue weighted by molar-refractivity contribution is -0.137. The standard InChI is InChI=1S/C16H29NO3S/c1-16(2,3)12(7-8-14(18)19)9-10-17-15(20)13-6-4-5-11-21-13/h12-13H,4-11H2,1-3H3,(H,17,20)(H,18,19). The molecule has 1 rings (SSSR count). The van der Waals surface area contributed by atoms with Gasteiger partial charge in [0.05, 0.1) is 5.25 Å². The van der Waals surface area contributed by atoms with E-state index in [0.717, 1.165) is 25.0 Å². The van der Waals surface area contributed by atoms with Crippen molar-refractivity contribution < 1.29 is 14.7 Å². The highest BCUT2D eigenvalue weighted by atomic mass is 32.2. The van der Waals surface area contributed by atoms with Gasteiger partial charge in [0.2, 0.25) is 5.91 Å². The van der Waals surface area contributed by atoms with E-state index < -0.39 is 5.97 Å². The summed E-state index contributed by atoms with van der Waals surface area (Å²) >= 11 is 1.76. The molecule has 0 saturated carbocycles. The molecule has 1 heterocycles. The minimum atomic E-state index is -0.744. The molecule has 0 spiro atoms. The molecule has 1 amide bonds. The van der Waals surface area contributed by atoms with Gasteiger partial charge in [0.15, 0.2) is 0 Å². The molecule has 5 heteroatoms. The second kappa shape index (κ2) is 8.66. The second-order valence-corrected chi connectivity index (χ2v) is 8.24. The zero-order valence-corrected chi connectivity index (χ0v) is 14.3. The van der Waals surface area contributed by atoms with Crippen LogP contribution in [0.2, 0.25) is 0 Å². The average Bonchev–Trinajstić information content (AvgIpc) is 2.41. The van der Waals surface area contributed by atoms with E-state index in [9.17, 15) is 9.59 Å². The minimum Gasteiger partial charge on any atom is -0.481 e. The molecule has 4 nitrogen and oxygen atoms in total. The quantitative estimate of drug-likeness (QED) is 0.756. The van der Waals surface area contributed by atoms with Gasteiger partial charge in [0, 0.05) is 13.0 Å². The topological polar surface area (TPSA) is 66.4 Å². The van der Waals surface area contributed by atoms with E-state index >= 15 is 0 Å². The Morgan fingerprint density at radius 1 is 1.29 bits per heavy atom. The smallest absolute Gasteiger partial charge is 0.303 e. The van der Waals surface area contributed by atoms with Gasteiger partial charge in [-0.1, -0.05) is 27.2 Å². The van der Waals surface area contributed by atoms with Crippen LogP contribution in [0.1, 0.15) is 59.3 Å². The van der Waals surface area contributed by atoms with Crippen LogP contribution in [-0.2, 0) is 9.59 Å². The van der Waals surface area contributed by atoms with Crippen LogP contribution >= 0.6 is 11.8 Å². The first-order valence-electron chi connectivity index (χ1n) is 7.92. The van der Waals surface area contributed by atoms with Gasteiger partial charge < -0.3 is 10.4 Å². The van der Waals surface area contributed by atoms with E-state index in [-0.39, 0.29) is 23.0 Å². The van der Waals surface area contributed by atoms with Gasteiger partial charge in [-0.3, -0.25) is 9.59 Å². The molecular weight excluding hydrogens is 286 g/mol. The molecule has 0 aromatic heterocycles. The number of rotatable bonds is 7.